The predicted molar refractivity (Wildman–Crippen MR) is 151 cm³/mol. The van der Waals surface area contributed by atoms with Crippen molar-refractivity contribution < 1.29 is 9.50 Å². The Morgan fingerprint density at radius 1 is 1.05 bits per heavy atom. The fourth-order valence-electron chi connectivity index (χ4n) is 5.24. The average molecular weight is 533 g/mol. The molecular formula is C30H25FN8O. The number of aromatic hydroxyl groups is 1. The number of phenolic OH excluding ortho intramolecular Hbond substituents is 1. The van der Waals surface area contributed by atoms with Crippen molar-refractivity contribution in [1.82, 2.24) is 29.0 Å². The van der Waals surface area contributed by atoms with Gasteiger partial charge in [-0.25, -0.2) is 19.0 Å². The van der Waals surface area contributed by atoms with Crippen LogP contribution in [-0.2, 0) is 13.1 Å². The van der Waals surface area contributed by atoms with Crippen molar-refractivity contribution in [2.24, 2.45) is 0 Å². The van der Waals surface area contributed by atoms with Crippen LogP contribution < -0.4 is 5.73 Å². The van der Waals surface area contributed by atoms with E-state index in [9.17, 15) is 14.8 Å². The highest BCUT2D eigenvalue weighted by Crippen LogP contribution is 2.36. The topological polar surface area (TPSA) is 121 Å². The Hall–Kier alpha value is -5.27. The van der Waals surface area contributed by atoms with Crippen molar-refractivity contribution >= 4 is 22.4 Å². The third kappa shape index (κ3) is 4.28. The molecular weight excluding hydrogens is 507 g/mol. The van der Waals surface area contributed by atoms with Crippen LogP contribution >= 0.6 is 0 Å². The number of nitriles is 1. The summed E-state index contributed by atoms with van der Waals surface area (Å²) in [6.45, 7) is 0.952. The number of phenols is 1. The first-order chi connectivity index (χ1) is 19.3. The minimum atomic E-state index is -0.613. The van der Waals surface area contributed by atoms with Gasteiger partial charge in [0, 0.05) is 29.9 Å². The molecule has 0 aliphatic rings. The maximum atomic E-state index is 14.2. The van der Waals surface area contributed by atoms with Gasteiger partial charge in [0.2, 0.25) is 0 Å². The van der Waals surface area contributed by atoms with Crippen LogP contribution in [0.1, 0.15) is 16.7 Å². The van der Waals surface area contributed by atoms with Gasteiger partial charge in [0.25, 0.3) is 0 Å². The summed E-state index contributed by atoms with van der Waals surface area (Å²) in [6.07, 6.45) is 3.28. The number of rotatable bonds is 6. The molecule has 6 rings (SSSR count). The minimum absolute atomic E-state index is 0.175. The van der Waals surface area contributed by atoms with Crippen LogP contribution in [0.4, 0.5) is 10.2 Å². The van der Waals surface area contributed by atoms with E-state index in [1.165, 1.54) is 18.5 Å². The lowest BCUT2D eigenvalue weighted by molar-refractivity contribution is 0.402. The highest BCUT2D eigenvalue weighted by Gasteiger charge is 2.24. The van der Waals surface area contributed by atoms with Crippen LogP contribution in [0.3, 0.4) is 0 Å². The lowest BCUT2D eigenvalue weighted by atomic mass is 10.0. The summed E-state index contributed by atoms with van der Waals surface area (Å²) in [5.74, 6) is -0.675. The zero-order chi connectivity index (χ0) is 28.0. The van der Waals surface area contributed by atoms with Gasteiger partial charge in [0.15, 0.2) is 5.65 Å². The second kappa shape index (κ2) is 9.80. The maximum Gasteiger partial charge on any atom is 0.164 e. The number of hydrogen-bond donors (Lipinski definition) is 2. The number of nitrogen functional groups attached to an aromatic ring is 1. The van der Waals surface area contributed by atoms with Crippen LogP contribution in [0.25, 0.3) is 39.1 Å². The molecule has 10 heteroatoms. The van der Waals surface area contributed by atoms with Crippen LogP contribution in [0.5, 0.6) is 5.75 Å². The summed E-state index contributed by atoms with van der Waals surface area (Å²) < 4.78 is 17.9. The fourth-order valence-corrected chi connectivity index (χ4v) is 5.24. The van der Waals surface area contributed by atoms with E-state index in [1.807, 2.05) is 55.0 Å². The van der Waals surface area contributed by atoms with E-state index in [2.05, 4.69) is 33.1 Å². The van der Waals surface area contributed by atoms with Gasteiger partial charge in [-0.15, -0.1) is 0 Å². The standard InChI is InChI=1S/C30H25FN8O/c1-37(2)15-18-6-5-7-19(10-18)28-24(23(14-32)25-8-3-4-9-38(25)28)16-39-30-26(29(33)34-17-35-30)27(36-39)20-11-21(31)13-22(40)12-20/h3-13,17,40H,15-16H2,1-2H3,(H2,33,34,35). The van der Waals surface area contributed by atoms with E-state index in [0.717, 1.165) is 40.5 Å². The second-order valence-corrected chi connectivity index (χ2v) is 9.87. The highest BCUT2D eigenvalue weighted by molar-refractivity contribution is 5.98. The third-order valence-electron chi connectivity index (χ3n) is 6.78. The number of nitrogens with zero attached hydrogens (tertiary/aromatic N) is 7. The Bertz CT molecular complexity index is 1930. The van der Waals surface area contributed by atoms with Gasteiger partial charge in [-0.2, -0.15) is 10.4 Å². The quantitative estimate of drug-likeness (QED) is 0.315. The maximum absolute atomic E-state index is 14.2. The summed E-state index contributed by atoms with van der Waals surface area (Å²) in [7, 11) is 4.04. The number of halogens is 1. The molecule has 9 nitrogen and oxygen atoms in total. The van der Waals surface area contributed by atoms with Crippen LogP contribution in [0, 0.1) is 17.1 Å². The van der Waals surface area contributed by atoms with Gasteiger partial charge in [-0.1, -0.05) is 24.3 Å². The molecule has 2 aromatic carbocycles. The lowest BCUT2D eigenvalue weighted by Crippen LogP contribution is -2.10. The smallest absolute Gasteiger partial charge is 0.164 e. The summed E-state index contributed by atoms with van der Waals surface area (Å²) in [4.78, 5) is 10.7. The van der Waals surface area contributed by atoms with Crippen molar-refractivity contribution in [3.05, 3.63) is 95.7 Å². The van der Waals surface area contributed by atoms with E-state index in [1.54, 1.807) is 4.68 Å². The van der Waals surface area contributed by atoms with Gasteiger partial charge < -0.3 is 20.1 Å². The van der Waals surface area contributed by atoms with Crippen molar-refractivity contribution in [1.29, 1.82) is 5.26 Å². The minimum Gasteiger partial charge on any atom is -0.508 e. The van der Waals surface area contributed by atoms with Gasteiger partial charge in [-0.3, -0.25) is 0 Å². The van der Waals surface area contributed by atoms with Crippen LogP contribution in [0.15, 0.2) is 73.2 Å². The molecule has 0 aliphatic heterocycles. The number of anilines is 1. The number of aromatic nitrogens is 5. The highest BCUT2D eigenvalue weighted by atomic mass is 19.1. The Balaban J connectivity index is 1.59. The van der Waals surface area contributed by atoms with Crippen molar-refractivity contribution in [3.63, 3.8) is 0 Å². The number of benzene rings is 2. The molecule has 4 heterocycles. The monoisotopic (exact) mass is 532 g/mol. The predicted octanol–water partition coefficient (Wildman–Crippen LogP) is 4.82. The molecule has 40 heavy (non-hydrogen) atoms. The Labute approximate surface area is 229 Å². The molecule has 0 aliphatic carbocycles. The van der Waals surface area contributed by atoms with Crippen LogP contribution in [0.2, 0.25) is 0 Å². The largest absolute Gasteiger partial charge is 0.508 e. The summed E-state index contributed by atoms with van der Waals surface area (Å²) in [6, 6.07) is 20.1. The normalized spacial score (nSPS) is 11.5. The SMILES string of the molecule is CN(C)Cc1cccc(-c2c(Cn3nc(-c4cc(O)cc(F)c4)c4c(N)ncnc43)c(C#N)c3ccccn23)c1. The van der Waals surface area contributed by atoms with Gasteiger partial charge in [0.05, 0.1) is 28.7 Å². The Kier molecular flexibility index (Phi) is 6.13. The van der Waals surface area contributed by atoms with Gasteiger partial charge in [0.1, 0.15) is 35.5 Å². The molecule has 0 radical (unpaired) electrons. The zero-order valence-electron chi connectivity index (χ0n) is 21.9. The zero-order valence-corrected chi connectivity index (χ0v) is 21.9. The molecule has 0 atom stereocenters. The molecule has 3 N–H and O–H groups in total. The molecule has 0 spiro atoms. The number of fused-ring (bicyclic) bond motifs is 2. The molecule has 0 bridgehead atoms. The molecule has 0 saturated carbocycles. The molecule has 6 aromatic rings. The lowest BCUT2D eigenvalue weighted by Gasteiger charge is -2.13. The van der Waals surface area contributed by atoms with Crippen molar-refractivity contribution in [2.75, 3.05) is 19.8 Å². The molecule has 0 unspecified atom stereocenters. The van der Waals surface area contributed by atoms with E-state index in [0.29, 0.717) is 27.9 Å². The van der Waals surface area contributed by atoms with E-state index >= 15 is 0 Å². The summed E-state index contributed by atoms with van der Waals surface area (Å²) >= 11 is 0. The summed E-state index contributed by atoms with van der Waals surface area (Å²) in [5, 5.41) is 25.6. The van der Waals surface area contributed by atoms with Crippen molar-refractivity contribution in [3.8, 4) is 34.3 Å². The molecule has 4 aromatic heterocycles. The Morgan fingerprint density at radius 3 is 2.67 bits per heavy atom. The number of pyridine rings is 1. The molecule has 0 amide bonds. The van der Waals surface area contributed by atoms with Crippen molar-refractivity contribution in [2.45, 2.75) is 13.1 Å². The summed E-state index contributed by atoms with van der Waals surface area (Å²) in [5.41, 5.74) is 12.3. The molecule has 198 valence electrons. The van der Waals surface area contributed by atoms with E-state index < -0.39 is 5.82 Å². The van der Waals surface area contributed by atoms with Gasteiger partial charge >= 0.3 is 0 Å². The first-order valence-corrected chi connectivity index (χ1v) is 12.6. The van der Waals surface area contributed by atoms with Crippen LogP contribution in [-0.4, -0.2) is 48.3 Å². The average Bonchev–Trinajstić information content (AvgIpc) is 3.44. The van der Waals surface area contributed by atoms with Gasteiger partial charge in [-0.05, 0) is 55.6 Å². The molecule has 0 fully saturated rings. The number of hydrogen-bond acceptors (Lipinski definition) is 7. The van der Waals surface area contributed by atoms with E-state index in [4.69, 9.17) is 10.8 Å². The first kappa shape index (κ1) is 25.0. The number of nitrogens with two attached hydrogens (primary N) is 1. The van der Waals surface area contributed by atoms with E-state index in [-0.39, 0.29) is 18.1 Å². The third-order valence-corrected chi connectivity index (χ3v) is 6.78. The molecule has 0 saturated heterocycles. The first-order valence-electron chi connectivity index (χ1n) is 12.6. The second-order valence-electron chi connectivity index (χ2n) is 9.87. The Morgan fingerprint density at radius 2 is 1.90 bits per heavy atom. The fraction of sp³-hybridized carbons (Fsp3) is 0.133.